The van der Waals surface area contributed by atoms with Gasteiger partial charge in [-0.05, 0) is 25.5 Å². The van der Waals surface area contributed by atoms with Gasteiger partial charge >= 0.3 is 5.97 Å². The molecule has 0 aliphatic carbocycles. The first-order valence-corrected chi connectivity index (χ1v) is 9.60. The summed E-state index contributed by atoms with van der Waals surface area (Å²) < 4.78 is 6.71. The minimum absolute atomic E-state index is 0.0303. The second kappa shape index (κ2) is 7.09. The molecule has 3 aromatic heterocycles. The fourth-order valence-electron chi connectivity index (χ4n) is 3.20. The number of thiazole rings is 1. The van der Waals surface area contributed by atoms with Gasteiger partial charge in [-0.25, -0.2) is 14.8 Å². The predicted molar refractivity (Wildman–Crippen MR) is 104 cm³/mol. The number of nitrogens with two attached hydrogens (primary N) is 1. The Morgan fingerprint density at radius 1 is 1.44 bits per heavy atom. The molecule has 1 atom stereocenters. The molecule has 9 heteroatoms. The van der Waals surface area contributed by atoms with Crippen molar-refractivity contribution >= 4 is 34.2 Å². The van der Waals surface area contributed by atoms with Crippen LogP contribution in [0.2, 0.25) is 0 Å². The zero-order chi connectivity index (χ0) is 19.0. The number of nitrogens with zero attached hydrogens (tertiary/aromatic N) is 4. The molecule has 0 aromatic carbocycles. The summed E-state index contributed by atoms with van der Waals surface area (Å²) in [5, 5.41) is 2.79. The van der Waals surface area contributed by atoms with Gasteiger partial charge in [-0.2, -0.15) is 0 Å². The highest BCUT2D eigenvalue weighted by Gasteiger charge is 2.23. The molecule has 2 N–H and O–H groups in total. The van der Waals surface area contributed by atoms with Gasteiger partial charge < -0.3 is 15.4 Å². The van der Waals surface area contributed by atoms with Crippen molar-refractivity contribution in [3.8, 4) is 5.13 Å². The van der Waals surface area contributed by atoms with Gasteiger partial charge in [0.25, 0.3) is 0 Å². The van der Waals surface area contributed by atoms with Crippen LogP contribution in [0, 0.1) is 0 Å². The largest absolute Gasteiger partial charge is 0.462 e. The van der Waals surface area contributed by atoms with E-state index in [2.05, 4.69) is 9.88 Å². The maximum Gasteiger partial charge on any atom is 0.343 e. The number of carbonyl (C=O) groups is 1. The highest BCUT2D eigenvalue weighted by atomic mass is 32.1. The van der Waals surface area contributed by atoms with E-state index >= 15 is 0 Å². The van der Waals surface area contributed by atoms with Gasteiger partial charge in [0.2, 0.25) is 5.43 Å². The third-order valence-corrected chi connectivity index (χ3v) is 5.28. The lowest BCUT2D eigenvalue weighted by atomic mass is 10.2. The molecule has 1 fully saturated rings. The Kier molecular flexibility index (Phi) is 4.63. The lowest BCUT2D eigenvalue weighted by Crippen LogP contribution is -2.27. The van der Waals surface area contributed by atoms with Crippen LogP contribution in [0.5, 0.6) is 0 Å². The maximum atomic E-state index is 12.8. The number of esters is 1. The molecule has 1 saturated heterocycles. The molecule has 1 aliphatic rings. The first-order chi connectivity index (χ1) is 13.1. The minimum atomic E-state index is -0.649. The van der Waals surface area contributed by atoms with Crippen molar-refractivity contribution in [2.45, 2.75) is 19.4 Å². The van der Waals surface area contributed by atoms with Gasteiger partial charge in [0.15, 0.2) is 10.8 Å². The predicted octanol–water partition coefficient (Wildman–Crippen LogP) is 1.56. The van der Waals surface area contributed by atoms with Gasteiger partial charge in [0.1, 0.15) is 11.4 Å². The van der Waals surface area contributed by atoms with Crippen molar-refractivity contribution in [2.75, 3.05) is 24.6 Å². The number of aromatic nitrogens is 3. The molecule has 0 radical (unpaired) electrons. The molecular weight excluding hydrogens is 366 g/mol. The fraction of sp³-hybridized carbons (Fsp3) is 0.333. The van der Waals surface area contributed by atoms with E-state index < -0.39 is 11.4 Å². The second-order valence-electron chi connectivity index (χ2n) is 6.31. The number of hydrogen-bond acceptors (Lipinski definition) is 8. The number of hydrogen-bond donors (Lipinski definition) is 1. The van der Waals surface area contributed by atoms with Crippen molar-refractivity contribution in [3.05, 3.63) is 45.7 Å². The van der Waals surface area contributed by atoms with Gasteiger partial charge in [0, 0.05) is 36.9 Å². The van der Waals surface area contributed by atoms with Crippen LogP contribution in [0.3, 0.4) is 0 Å². The first-order valence-electron chi connectivity index (χ1n) is 8.72. The molecule has 27 heavy (non-hydrogen) atoms. The Balaban J connectivity index is 1.92. The zero-order valence-electron chi connectivity index (χ0n) is 14.8. The number of carbonyl (C=O) groups excluding carboxylic acids is 1. The summed E-state index contributed by atoms with van der Waals surface area (Å²) >= 11 is 1.39. The summed E-state index contributed by atoms with van der Waals surface area (Å²) in [4.78, 5) is 36.2. The van der Waals surface area contributed by atoms with E-state index in [4.69, 9.17) is 15.5 Å². The molecule has 1 aliphatic heterocycles. The number of fused-ring (bicyclic) bond motifs is 1. The zero-order valence-corrected chi connectivity index (χ0v) is 15.6. The van der Waals surface area contributed by atoms with Crippen molar-refractivity contribution < 1.29 is 9.53 Å². The summed E-state index contributed by atoms with van der Waals surface area (Å²) in [5.41, 5.74) is 6.04. The standard InChI is InChI=1S/C18H19N5O3S/c1-2-26-17(25)13-10-23(18-20-6-8-27-18)16-12(15(13)24)3-4-14(21-16)22-7-5-11(19)9-22/h3-4,6,8,10-11H,2,5,7,9,19H2,1H3. The number of anilines is 1. The number of pyridine rings is 2. The average molecular weight is 385 g/mol. The normalized spacial score (nSPS) is 16.8. The van der Waals surface area contributed by atoms with Crippen LogP contribution in [0.25, 0.3) is 16.2 Å². The quantitative estimate of drug-likeness (QED) is 0.680. The van der Waals surface area contributed by atoms with Crippen molar-refractivity contribution in [1.82, 2.24) is 14.5 Å². The molecule has 8 nitrogen and oxygen atoms in total. The van der Waals surface area contributed by atoms with Crippen LogP contribution in [0.1, 0.15) is 23.7 Å². The van der Waals surface area contributed by atoms with Crippen LogP contribution in [-0.2, 0) is 4.74 Å². The summed E-state index contributed by atoms with van der Waals surface area (Å²) in [6.07, 6.45) is 4.03. The fourth-order valence-corrected chi connectivity index (χ4v) is 3.82. The van der Waals surface area contributed by atoms with E-state index in [-0.39, 0.29) is 18.2 Å². The topological polar surface area (TPSA) is 103 Å². The van der Waals surface area contributed by atoms with Crippen LogP contribution < -0.4 is 16.1 Å². The van der Waals surface area contributed by atoms with E-state index in [1.165, 1.54) is 17.5 Å². The SMILES string of the molecule is CCOC(=O)c1cn(-c2nccs2)c2nc(N3CCC(N)C3)ccc2c1=O. The van der Waals surface area contributed by atoms with Crippen molar-refractivity contribution in [1.29, 1.82) is 0 Å². The van der Waals surface area contributed by atoms with Crippen molar-refractivity contribution in [3.63, 3.8) is 0 Å². The van der Waals surface area contributed by atoms with Gasteiger partial charge in [-0.3, -0.25) is 9.36 Å². The molecule has 0 amide bonds. The highest BCUT2D eigenvalue weighted by Crippen LogP contribution is 2.23. The van der Waals surface area contributed by atoms with E-state index in [1.54, 1.807) is 29.8 Å². The molecule has 0 bridgehead atoms. The summed E-state index contributed by atoms with van der Waals surface area (Å²) in [7, 11) is 0. The average Bonchev–Trinajstić information content (AvgIpc) is 3.34. The molecule has 3 aromatic rings. The minimum Gasteiger partial charge on any atom is -0.462 e. The highest BCUT2D eigenvalue weighted by molar-refractivity contribution is 7.12. The summed E-state index contributed by atoms with van der Waals surface area (Å²) in [6.45, 7) is 3.44. The molecule has 4 rings (SSSR count). The summed E-state index contributed by atoms with van der Waals surface area (Å²) in [6, 6.07) is 3.62. The van der Waals surface area contributed by atoms with Crippen LogP contribution >= 0.6 is 11.3 Å². The Morgan fingerprint density at radius 3 is 2.96 bits per heavy atom. The van der Waals surface area contributed by atoms with Crippen molar-refractivity contribution in [2.24, 2.45) is 5.73 Å². The lowest BCUT2D eigenvalue weighted by molar-refractivity contribution is 0.0524. The van der Waals surface area contributed by atoms with E-state index in [0.29, 0.717) is 16.2 Å². The molecular formula is C18H19N5O3S. The van der Waals surface area contributed by atoms with Gasteiger partial charge in [-0.15, -0.1) is 11.3 Å². The third kappa shape index (κ3) is 3.19. The maximum absolute atomic E-state index is 12.8. The molecule has 4 heterocycles. The molecule has 1 unspecified atom stereocenters. The number of ether oxygens (including phenoxy) is 1. The Morgan fingerprint density at radius 2 is 2.30 bits per heavy atom. The first kappa shape index (κ1) is 17.6. The second-order valence-corrected chi connectivity index (χ2v) is 7.19. The smallest absolute Gasteiger partial charge is 0.343 e. The van der Waals surface area contributed by atoms with Gasteiger partial charge in [-0.1, -0.05) is 0 Å². The van der Waals surface area contributed by atoms with E-state index in [1.807, 2.05) is 5.38 Å². The molecule has 0 spiro atoms. The molecule has 0 saturated carbocycles. The number of rotatable bonds is 4. The van der Waals surface area contributed by atoms with Gasteiger partial charge in [0.05, 0.1) is 12.0 Å². The van der Waals surface area contributed by atoms with Crippen LogP contribution in [0.15, 0.2) is 34.7 Å². The Labute approximate surface area is 159 Å². The van der Waals surface area contributed by atoms with E-state index in [0.717, 1.165) is 25.3 Å². The summed E-state index contributed by atoms with van der Waals surface area (Å²) in [5.74, 6) is 0.105. The Bertz CT molecular complexity index is 1050. The Hall–Kier alpha value is -2.78. The van der Waals surface area contributed by atoms with Crippen LogP contribution in [-0.4, -0.2) is 46.2 Å². The monoisotopic (exact) mass is 385 g/mol. The molecule has 140 valence electrons. The van der Waals surface area contributed by atoms with Crippen LogP contribution in [0.4, 0.5) is 5.82 Å². The lowest BCUT2D eigenvalue weighted by Gasteiger charge is -2.18. The third-order valence-electron chi connectivity index (χ3n) is 4.51. The van der Waals surface area contributed by atoms with E-state index in [9.17, 15) is 9.59 Å².